The predicted octanol–water partition coefficient (Wildman–Crippen LogP) is 3.04. The van der Waals surface area contributed by atoms with Gasteiger partial charge in [0.15, 0.2) is 0 Å². The Morgan fingerprint density at radius 3 is 2.25 bits per heavy atom. The van der Waals surface area contributed by atoms with E-state index >= 15 is 0 Å². The minimum atomic E-state index is -3.55. The SMILES string of the molecule is Cn1c(=O)n(CC(=O)N2CCN(Cc3ccccc3)CCCN(S(C)(=O)=O)c3ccccc3C2)c2ccccc21. The molecule has 0 radical (unpaired) electrons. The van der Waals surface area contributed by atoms with E-state index in [-0.39, 0.29) is 24.7 Å². The van der Waals surface area contributed by atoms with Crippen LogP contribution in [0.5, 0.6) is 0 Å². The zero-order valence-corrected chi connectivity index (χ0v) is 23.8. The van der Waals surface area contributed by atoms with Crippen LogP contribution >= 0.6 is 0 Å². The molecule has 0 unspecified atom stereocenters. The van der Waals surface area contributed by atoms with Gasteiger partial charge in [-0.05, 0) is 35.7 Å². The van der Waals surface area contributed by atoms with Crippen molar-refractivity contribution in [1.82, 2.24) is 18.9 Å². The first kappa shape index (κ1) is 27.7. The molecule has 0 aliphatic carbocycles. The number of aromatic nitrogens is 2. The number of hydrogen-bond acceptors (Lipinski definition) is 5. The van der Waals surface area contributed by atoms with Gasteiger partial charge < -0.3 is 4.90 Å². The van der Waals surface area contributed by atoms with Crippen LogP contribution in [0, 0.1) is 0 Å². The molecule has 1 amide bonds. The number of nitrogens with zero attached hydrogens (tertiary/aromatic N) is 5. The summed E-state index contributed by atoms with van der Waals surface area (Å²) in [5, 5.41) is 0. The van der Waals surface area contributed by atoms with Crippen LogP contribution in [-0.4, -0.2) is 65.7 Å². The van der Waals surface area contributed by atoms with E-state index < -0.39 is 10.0 Å². The maximum atomic E-state index is 13.9. The van der Waals surface area contributed by atoms with E-state index in [9.17, 15) is 18.0 Å². The smallest absolute Gasteiger partial charge is 0.329 e. The molecule has 0 spiro atoms. The Morgan fingerprint density at radius 2 is 1.50 bits per heavy atom. The van der Waals surface area contributed by atoms with Gasteiger partial charge in [-0.25, -0.2) is 13.2 Å². The molecule has 40 heavy (non-hydrogen) atoms. The Hall–Kier alpha value is -3.89. The highest BCUT2D eigenvalue weighted by Crippen LogP contribution is 2.26. The molecule has 0 fully saturated rings. The molecule has 0 bridgehead atoms. The molecule has 0 N–H and O–H groups in total. The molecule has 1 aliphatic heterocycles. The first-order valence-corrected chi connectivity index (χ1v) is 15.3. The van der Waals surface area contributed by atoms with Gasteiger partial charge in [-0.3, -0.25) is 23.1 Å². The summed E-state index contributed by atoms with van der Waals surface area (Å²) in [6, 6.07) is 24.9. The first-order chi connectivity index (χ1) is 19.2. The maximum Gasteiger partial charge on any atom is 0.329 e. The second-order valence-corrected chi connectivity index (χ2v) is 12.2. The Bertz CT molecular complexity index is 1660. The van der Waals surface area contributed by atoms with Gasteiger partial charge in [-0.1, -0.05) is 60.7 Å². The Labute approximate surface area is 234 Å². The fraction of sp³-hybridized carbons (Fsp3) is 0.333. The van der Waals surface area contributed by atoms with Gasteiger partial charge in [-0.15, -0.1) is 0 Å². The highest BCUT2D eigenvalue weighted by Gasteiger charge is 2.25. The number of amides is 1. The number of rotatable bonds is 5. The van der Waals surface area contributed by atoms with Gasteiger partial charge in [0.1, 0.15) is 6.54 Å². The van der Waals surface area contributed by atoms with E-state index in [2.05, 4.69) is 17.0 Å². The van der Waals surface area contributed by atoms with E-state index in [1.807, 2.05) is 60.7 Å². The van der Waals surface area contributed by atoms with Crippen LogP contribution in [0.3, 0.4) is 0 Å². The quantitative estimate of drug-likeness (QED) is 0.374. The van der Waals surface area contributed by atoms with Crippen LogP contribution in [-0.2, 0) is 41.5 Å². The fourth-order valence-electron chi connectivity index (χ4n) is 5.41. The molecule has 2 heterocycles. The third kappa shape index (κ3) is 5.97. The lowest BCUT2D eigenvalue weighted by Crippen LogP contribution is -2.41. The first-order valence-electron chi connectivity index (χ1n) is 13.5. The number of sulfonamides is 1. The maximum absolute atomic E-state index is 13.9. The monoisotopic (exact) mass is 561 g/mol. The Balaban J connectivity index is 1.50. The summed E-state index contributed by atoms with van der Waals surface area (Å²) in [4.78, 5) is 30.9. The standard InChI is InChI=1S/C30H35N5O4S/c1-31-27-15-8-9-16-28(27)34(30(31)37)23-29(36)33-20-19-32(21-24-11-4-3-5-12-24)17-10-18-35(40(2,38)39)26-14-7-6-13-25(26)22-33/h3-9,11-16H,10,17-23H2,1-2H3. The summed E-state index contributed by atoms with van der Waals surface area (Å²) >= 11 is 0. The molecule has 9 nitrogen and oxygen atoms in total. The molecule has 210 valence electrons. The summed E-state index contributed by atoms with van der Waals surface area (Å²) in [5.74, 6) is -0.196. The molecule has 10 heteroatoms. The minimum absolute atomic E-state index is 0.100. The molecular weight excluding hydrogens is 526 g/mol. The van der Waals surface area contributed by atoms with Crippen LogP contribution < -0.4 is 9.99 Å². The van der Waals surface area contributed by atoms with Crippen molar-refractivity contribution in [2.45, 2.75) is 26.1 Å². The van der Waals surface area contributed by atoms with Crippen LogP contribution in [0.15, 0.2) is 83.7 Å². The molecule has 0 saturated carbocycles. The summed E-state index contributed by atoms with van der Waals surface area (Å²) in [7, 11) is -1.84. The van der Waals surface area contributed by atoms with E-state index in [0.717, 1.165) is 16.6 Å². The van der Waals surface area contributed by atoms with E-state index in [1.165, 1.54) is 15.1 Å². The zero-order chi connectivity index (χ0) is 28.3. The number of fused-ring (bicyclic) bond motifs is 2. The van der Waals surface area contributed by atoms with Gasteiger partial charge in [-0.2, -0.15) is 0 Å². The average Bonchev–Trinajstić information content (AvgIpc) is 3.16. The van der Waals surface area contributed by atoms with Crippen LogP contribution in [0.1, 0.15) is 17.5 Å². The molecule has 0 saturated heterocycles. The van der Waals surface area contributed by atoms with Crippen molar-refractivity contribution in [2.24, 2.45) is 7.05 Å². The lowest BCUT2D eigenvalue weighted by atomic mass is 10.1. The van der Waals surface area contributed by atoms with Crippen molar-refractivity contribution in [1.29, 1.82) is 0 Å². The molecule has 4 aromatic rings. The molecular formula is C30H35N5O4S. The molecule has 3 aromatic carbocycles. The number of carbonyl (C=O) groups is 1. The number of benzene rings is 3. The number of carbonyl (C=O) groups excluding carboxylic acids is 1. The van der Waals surface area contributed by atoms with Crippen molar-refractivity contribution in [2.75, 3.05) is 36.7 Å². The Morgan fingerprint density at radius 1 is 0.825 bits per heavy atom. The largest absolute Gasteiger partial charge is 0.335 e. The molecule has 0 atom stereocenters. The van der Waals surface area contributed by atoms with Crippen molar-refractivity contribution in [3.05, 3.63) is 100 Å². The number of aryl methyl sites for hydroxylation is 1. The predicted molar refractivity (Wildman–Crippen MR) is 158 cm³/mol. The molecule has 5 rings (SSSR count). The minimum Gasteiger partial charge on any atom is -0.335 e. The summed E-state index contributed by atoms with van der Waals surface area (Å²) in [6.45, 7) is 2.91. The third-order valence-corrected chi connectivity index (χ3v) is 8.67. The van der Waals surface area contributed by atoms with Gasteiger partial charge in [0, 0.05) is 46.3 Å². The van der Waals surface area contributed by atoms with Crippen molar-refractivity contribution < 1.29 is 13.2 Å². The van der Waals surface area contributed by atoms with Crippen LogP contribution in [0.2, 0.25) is 0 Å². The zero-order valence-electron chi connectivity index (χ0n) is 22.9. The van der Waals surface area contributed by atoms with Crippen molar-refractivity contribution in [3.8, 4) is 0 Å². The van der Waals surface area contributed by atoms with Crippen molar-refractivity contribution in [3.63, 3.8) is 0 Å². The average molecular weight is 562 g/mol. The van der Waals surface area contributed by atoms with Crippen LogP contribution in [0.25, 0.3) is 11.0 Å². The van der Waals surface area contributed by atoms with Crippen LogP contribution in [0.4, 0.5) is 5.69 Å². The third-order valence-electron chi connectivity index (χ3n) is 7.49. The second-order valence-electron chi connectivity index (χ2n) is 10.3. The number of hydrogen-bond donors (Lipinski definition) is 0. The van der Waals surface area contributed by atoms with E-state index in [4.69, 9.17) is 0 Å². The summed E-state index contributed by atoms with van der Waals surface area (Å²) < 4.78 is 30.3. The second kappa shape index (κ2) is 11.7. The normalized spacial score (nSPS) is 15.6. The highest BCUT2D eigenvalue weighted by atomic mass is 32.2. The Kier molecular flexibility index (Phi) is 8.09. The molecule has 1 aromatic heterocycles. The molecule has 1 aliphatic rings. The van der Waals surface area contributed by atoms with E-state index in [1.54, 1.807) is 22.6 Å². The van der Waals surface area contributed by atoms with Gasteiger partial charge >= 0.3 is 5.69 Å². The van der Waals surface area contributed by atoms with Gasteiger partial charge in [0.25, 0.3) is 0 Å². The van der Waals surface area contributed by atoms with Gasteiger partial charge in [0.2, 0.25) is 15.9 Å². The summed E-state index contributed by atoms with van der Waals surface area (Å²) in [5.41, 5.74) is 3.71. The topological polar surface area (TPSA) is 87.9 Å². The number of para-hydroxylation sites is 3. The van der Waals surface area contributed by atoms with E-state index in [0.29, 0.717) is 50.3 Å². The summed E-state index contributed by atoms with van der Waals surface area (Å²) in [6.07, 6.45) is 1.87. The fourth-order valence-corrected chi connectivity index (χ4v) is 6.41. The lowest BCUT2D eigenvalue weighted by Gasteiger charge is -2.28. The number of imidazole rings is 1. The lowest BCUT2D eigenvalue weighted by molar-refractivity contribution is -0.132. The van der Waals surface area contributed by atoms with Gasteiger partial charge in [0.05, 0.1) is 23.0 Å². The van der Waals surface area contributed by atoms with Crippen molar-refractivity contribution >= 4 is 32.7 Å². The highest BCUT2D eigenvalue weighted by molar-refractivity contribution is 7.92. The number of anilines is 1.